The summed E-state index contributed by atoms with van der Waals surface area (Å²) in [6.07, 6.45) is 4.09. The first-order valence-corrected chi connectivity index (χ1v) is 15.3. The Kier molecular flexibility index (Phi) is 6.84. The Hall–Kier alpha value is -2.35. The van der Waals surface area contributed by atoms with E-state index in [0.717, 1.165) is 115 Å². The SMILES string of the molecule is CCCCN1C(=O)c2c3c(c4c(c2C1O)CCc1cc(Br)c(OC)c(C)c1-4)-c1c(cc(Br)c(OC)c1C)CC3. The molecule has 0 saturated carbocycles. The zero-order valence-corrected chi connectivity index (χ0v) is 26.2. The number of carbonyl (C=O) groups is 1. The number of fused-ring (bicyclic) bond motifs is 10. The van der Waals surface area contributed by atoms with Crippen LogP contribution in [0.5, 0.6) is 11.5 Å². The lowest BCUT2D eigenvalue weighted by Gasteiger charge is -2.34. The molecule has 204 valence electrons. The van der Waals surface area contributed by atoms with Crippen LogP contribution in [0.25, 0.3) is 22.3 Å². The van der Waals surface area contributed by atoms with Crippen LogP contribution in [-0.2, 0) is 25.7 Å². The minimum atomic E-state index is -0.917. The van der Waals surface area contributed by atoms with Gasteiger partial charge in [-0.3, -0.25) is 4.79 Å². The van der Waals surface area contributed by atoms with Crippen molar-refractivity contribution in [2.45, 2.75) is 65.5 Å². The van der Waals surface area contributed by atoms with Crippen LogP contribution in [0.3, 0.4) is 0 Å². The number of nitrogens with zero attached hydrogens (tertiary/aromatic N) is 1. The smallest absolute Gasteiger partial charge is 0.256 e. The van der Waals surface area contributed by atoms with E-state index in [0.29, 0.717) is 6.54 Å². The first-order chi connectivity index (χ1) is 18.7. The fourth-order valence-corrected chi connectivity index (χ4v) is 8.66. The van der Waals surface area contributed by atoms with Crippen molar-refractivity contribution in [3.8, 4) is 33.8 Å². The average Bonchev–Trinajstić information content (AvgIpc) is 3.16. The molecule has 1 N–H and O–H groups in total. The number of unbranched alkanes of at least 4 members (excludes halogenated alkanes) is 1. The van der Waals surface area contributed by atoms with E-state index in [1.807, 2.05) is 0 Å². The van der Waals surface area contributed by atoms with Gasteiger partial charge in [0.2, 0.25) is 0 Å². The van der Waals surface area contributed by atoms with E-state index in [9.17, 15) is 9.90 Å². The molecule has 1 unspecified atom stereocenters. The summed E-state index contributed by atoms with van der Waals surface area (Å²) in [5, 5.41) is 11.7. The predicted octanol–water partition coefficient (Wildman–Crippen LogP) is 7.62. The van der Waals surface area contributed by atoms with E-state index in [1.165, 1.54) is 11.1 Å². The van der Waals surface area contributed by atoms with E-state index < -0.39 is 6.23 Å². The van der Waals surface area contributed by atoms with Crippen molar-refractivity contribution in [3.63, 3.8) is 0 Å². The van der Waals surface area contributed by atoms with Crippen molar-refractivity contribution in [1.29, 1.82) is 0 Å². The lowest BCUT2D eigenvalue weighted by Crippen LogP contribution is -2.29. The van der Waals surface area contributed by atoms with Gasteiger partial charge in [-0.05, 0) is 134 Å². The van der Waals surface area contributed by atoms with Gasteiger partial charge in [0.25, 0.3) is 5.91 Å². The quantitative estimate of drug-likeness (QED) is 0.308. The van der Waals surface area contributed by atoms with Gasteiger partial charge in [-0.25, -0.2) is 0 Å². The average molecular weight is 655 g/mol. The van der Waals surface area contributed by atoms with E-state index >= 15 is 0 Å². The summed E-state index contributed by atoms with van der Waals surface area (Å²) < 4.78 is 13.6. The van der Waals surface area contributed by atoms with E-state index in [2.05, 4.69) is 64.8 Å². The number of aryl methyl sites for hydroxylation is 2. The van der Waals surface area contributed by atoms with Gasteiger partial charge >= 0.3 is 0 Å². The number of carbonyl (C=O) groups excluding carboxylic acids is 1. The summed E-state index contributed by atoms with van der Waals surface area (Å²) in [4.78, 5) is 15.7. The molecule has 6 rings (SSSR count). The molecular formula is C32H33Br2NO4. The Labute approximate surface area is 246 Å². The van der Waals surface area contributed by atoms with Crippen LogP contribution in [-0.4, -0.2) is 36.7 Å². The summed E-state index contributed by atoms with van der Waals surface area (Å²) in [7, 11) is 3.41. The third-order valence-electron chi connectivity index (χ3n) is 8.84. The highest BCUT2D eigenvalue weighted by atomic mass is 79.9. The van der Waals surface area contributed by atoms with Gasteiger partial charge < -0.3 is 19.5 Å². The molecule has 2 aliphatic carbocycles. The van der Waals surface area contributed by atoms with Gasteiger partial charge in [-0.1, -0.05) is 13.3 Å². The molecule has 3 aliphatic rings. The monoisotopic (exact) mass is 653 g/mol. The highest BCUT2D eigenvalue weighted by Crippen LogP contribution is 2.56. The number of hydrogen-bond donors (Lipinski definition) is 1. The van der Waals surface area contributed by atoms with Gasteiger partial charge in [-0.2, -0.15) is 0 Å². The summed E-state index contributed by atoms with van der Waals surface area (Å²) in [5.41, 5.74) is 12.9. The number of benzene rings is 3. The highest BCUT2D eigenvalue weighted by molar-refractivity contribution is 9.11. The molecule has 7 heteroatoms. The minimum absolute atomic E-state index is 0.0360. The molecule has 1 heterocycles. The van der Waals surface area contributed by atoms with Gasteiger partial charge in [0.1, 0.15) is 11.5 Å². The molecule has 0 spiro atoms. The number of ether oxygens (including phenoxy) is 2. The first kappa shape index (κ1) is 26.9. The molecule has 39 heavy (non-hydrogen) atoms. The van der Waals surface area contributed by atoms with E-state index in [-0.39, 0.29) is 5.91 Å². The Balaban J connectivity index is 1.77. The third-order valence-corrected chi connectivity index (χ3v) is 10.0. The van der Waals surface area contributed by atoms with Crippen LogP contribution >= 0.6 is 31.9 Å². The maximum atomic E-state index is 14.0. The van der Waals surface area contributed by atoms with Crippen LogP contribution in [0.15, 0.2) is 21.1 Å². The highest BCUT2D eigenvalue weighted by Gasteiger charge is 2.44. The first-order valence-electron chi connectivity index (χ1n) is 13.7. The number of rotatable bonds is 5. The summed E-state index contributed by atoms with van der Waals surface area (Å²) in [6, 6.07) is 4.35. The molecule has 0 fully saturated rings. The summed E-state index contributed by atoms with van der Waals surface area (Å²) >= 11 is 7.45. The Morgan fingerprint density at radius 2 is 1.36 bits per heavy atom. The van der Waals surface area contributed by atoms with Crippen molar-refractivity contribution in [3.05, 3.63) is 65.6 Å². The van der Waals surface area contributed by atoms with Crippen molar-refractivity contribution in [2.24, 2.45) is 0 Å². The van der Waals surface area contributed by atoms with Crippen LogP contribution in [0.4, 0.5) is 0 Å². The largest absolute Gasteiger partial charge is 0.495 e. The van der Waals surface area contributed by atoms with Crippen molar-refractivity contribution in [2.75, 3.05) is 20.8 Å². The van der Waals surface area contributed by atoms with Crippen LogP contribution in [0.1, 0.15) is 75.3 Å². The maximum absolute atomic E-state index is 14.0. The standard InChI is InChI=1S/C32H33Br2NO4/c1-6-7-12-35-31(36)27-19-10-8-17-13-21(33)29(38-4)15(2)23(17)25(19)26-20(28(27)32(35)37)11-9-18-14-22(34)30(39-5)16(3)24(18)26/h13-14,31,36H,6-12H2,1-5H3. The molecule has 1 atom stereocenters. The fourth-order valence-electron chi connectivity index (χ4n) is 7.19. The van der Waals surface area contributed by atoms with Crippen molar-refractivity contribution in [1.82, 2.24) is 4.90 Å². The molecule has 0 radical (unpaired) electrons. The number of hydrogen-bond acceptors (Lipinski definition) is 4. The Bertz CT molecular complexity index is 1560. The van der Waals surface area contributed by atoms with Gasteiger partial charge in [0, 0.05) is 23.2 Å². The Morgan fingerprint density at radius 3 is 1.87 bits per heavy atom. The number of amides is 1. The van der Waals surface area contributed by atoms with Gasteiger partial charge in [0.15, 0.2) is 6.23 Å². The molecule has 1 aliphatic heterocycles. The molecule has 3 aromatic rings. The molecule has 1 amide bonds. The Morgan fingerprint density at radius 1 is 0.846 bits per heavy atom. The molecule has 5 nitrogen and oxygen atoms in total. The van der Waals surface area contributed by atoms with Crippen LogP contribution in [0.2, 0.25) is 0 Å². The zero-order chi connectivity index (χ0) is 27.7. The van der Waals surface area contributed by atoms with Gasteiger partial charge in [0.05, 0.1) is 28.7 Å². The third kappa shape index (κ3) is 3.76. The zero-order valence-electron chi connectivity index (χ0n) is 23.1. The van der Waals surface area contributed by atoms with E-state index in [1.54, 1.807) is 19.1 Å². The summed E-state index contributed by atoms with van der Waals surface area (Å²) in [6.45, 7) is 6.90. The molecule has 0 bridgehead atoms. The molecule has 0 aromatic heterocycles. The fraction of sp³-hybridized carbons (Fsp3) is 0.406. The second-order valence-electron chi connectivity index (χ2n) is 10.8. The van der Waals surface area contributed by atoms with Crippen molar-refractivity contribution >= 4 is 37.8 Å². The maximum Gasteiger partial charge on any atom is 0.256 e. The molecule has 3 aromatic carbocycles. The predicted molar refractivity (Wildman–Crippen MR) is 161 cm³/mol. The van der Waals surface area contributed by atoms with Gasteiger partial charge in [-0.15, -0.1) is 0 Å². The summed E-state index contributed by atoms with van der Waals surface area (Å²) in [5.74, 6) is 1.59. The van der Waals surface area contributed by atoms with Crippen LogP contribution in [0, 0.1) is 13.8 Å². The number of aliphatic hydroxyl groups is 1. The topological polar surface area (TPSA) is 59.0 Å². The van der Waals surface area contributed by atoms with E-state index in [4.69, 9.17) is 9.47 Å². The molecule has 0 saturated heterocycles. The number of methoxy groups -OCH3 is 2. The lowest BCUT2D eigenvalue weighted by molar-refractivity contribution is 0.0168. The van der Waals surface area contributed by atoms with Crippen LogP contribution < -0.4 is 9.47 Å². The normalized spacial score (nSPS) is 16.9. The lowest BCUT2D eigenvalue weighted by atomic mass is 9.70. The second kappa shape index (κ2) is 9.93. The number of halogens is 2. The van der Waals surface area contributed by atoms with Crippen molar-refractivity contribution < 1.29 is 19.4 Å². The number of aliphatic hydroxyl groups excluding tert-OH is 1. The molecular weight excluding hydrogens is 622 g/mol. The second-order valence-corrected chi connectivity index (χ2v) is 12.5. The minimum Gasteiger partial charge on any atom is -0.495 e.